The van der Waals surface area contributed by atoms with Crippen molar-refractivity contribution >= 4 is 29.9 Å². The van der Waals surface area contributed by atoms with Gasteiger partial charge in [0.1, 0.15) is 5.54 Å². The predicted octanol–water partition coefficient (Wildman–Crippen LogP) is 2.39. The van der Waals surface area contributed by atoms with Crippen molar-refractivity contribution in [2.75, 3.05) is 25.0 Å². The van der Waals surface area contributed by atoms with E-state index in [-0.39, 0.29) is 24.2 Å². The maximum atomic E-state index is 13.2. The van der Waals surface area contributed by atoms with Crippen LogP contribution >= 0.6 is 12.4 Å². The number of hydrogen-bond donors (Lipinski definition) is 2. The molecule has 2 N–H and O–H groups in total. The number of nitrogens with zero attached hydrogens (tertiary/aromatic N) is 3. The molecule has 0 saturated carbocycles. The number of carbonyl (C=O) groups is 2. The lowest BCUT2D eigenvalue weighted by molar-refractivity contribution is -0.129. The number of rotatable bonds is 6. The van der Waals surface area contributed by atoms with E-state index in [0.29, 0.717) is 25.9 Å². The van der Waals surface area contributed by atoms with Crippen LogP contribution in [0.2, 0.25) is 0 Å². The van der Waals surface area contributed by atoms with E-state index in [0.717, 1.165) is 24.3 Å². The summed E-state index contributed by atoms with van der Waals surface area (Å²) < 4.78 is 1.78. The molecule has 8 heteroatoms. The number of hydrogen-bond acceptors (Lipinski definition) is 4. The summed E-state index contributed by atoms with van der Waals surface area (Å²) in [5.74, 6) is -0.0111. The first-order valence-corrected chi connectivity index (χ1v) is 9.42. The van der Waals surface area contributed by atoms with Gasteiger partial charge in [-0.2, -0.15) is 5.10 Å². The van der Waals surface area contributed by atoms with Crippen LogP contribution in [0.25, 0.3) is 0 Å². The normalized spacial score (nSPS) is 15.4. The SMILES string of the molecule is CCN(Cc1cccc(NC(=O)C2(n3cccn3)CCNCC2)c1)C(C)=O.Cl. The number of anilines is 1. The molecule has 28 heavy (non-hydrogen) atoms. The summed E-state index contributed by atoms with van der Waals surface area (Å²) in [6.07, 6.45) is 4.94. The molecule has 2 heterocycles. The Kier molecular flexibility index (Phi) is 7.60. The average Bonchev–Trinajstić information content (AvgIpc) is 3.22. The van der Waals surface area contributed by atoms with Gasteiger partial charge in [-0.1, -0.05) is 12.1 Å². The Morgan fingerprint density at radius 1 is 1.29 bits per heavy atom. The summed E-state index contributed by atoms with van der Waals surface area (Å²) in [4.78, 5) is 26.6. The number of halogens is 1. The van der Waals surface area contributed by atoms with Crippen LogP contribution in [0.4, 0.5) is 5.69 Å². The maximum absolute atomic E-state index is 13.2. The molecule has 0 spiro atoms. The number of carbonyl (C=O) groups excluding carboxylic acids is 2. The van der Waals surface area contributed by atoms with Gasteiger partial charge in [-0.25, -0.2) is 0 Å². The minimum Gasteiger partial charge on any atom is -0.339 e. The van der Waals surface area contributed by atoms with Gasteiger partial charge in [0, 0.05) is 38.1 Å². The van der Waals surface area contributed by atoms with Crippen LogP contribution in [-0.2, 0) is 21.7 Å². The Morgan fingerprint density at radius 3 is 2.64 bits per heavy atom. The maximum Gasteiger partial charge on any atom is 0.252 e. The highest BCUT2D eigenvalue weighted by atomic mass is 35.5. The minimum atomic E-state index is -0.681. The third kappa shape index (κ3) is 4.72. The molecule has 1 fully saturated rings. The Morgan fingerprint density at radius 2 is 2.04 bits per heavy atom. The van der Waals surface area contributed by atoms with Crippen LogP contribution < -0.4 is 10.6 Å². The lowest BCUT2D eigenvalue weighted by atomic mass is 9.87. The van der Waals surface area contributed by atoms with Crippen molar-refractivity contribution in [3.05, 3.63) is 48.3 Å². The smallest absolute Gasteiger partial charge is 0.252 e. The van der Waals surface area contributed by atoms with E-state index in [1.165, 1.54) is 0 Å². The zero-order chi connectivity index (χ0) is 19.3. The molecule has 2 aromatic rings. The molecule has 2 amide bonds. The second-order valence-electron chi connectivity index (χ2n) is 6.92. The second kappa shape index (κ2) is 9.71. The average molecular weight is 406 g/mol. The van der Waals surface area contributed by atoms with Gasteiger partial charge < -0.3 is 15.5 Å². The summed E-state index contributed by atoms with van der Waals surface area (Å²) in [6, 6.07) is 9.53. The zero-order valence-corrected chi connectivity index (χ0v) is 17.2. The Hall–Kier alpha value is -2.38. The van der Waals surface area contributed by atoms with Crippen molar-refractivity contribution in [1.29, 1.82) is 0 Å². The fourth-order valence-corrected chi connectivity index (χ4v) is 3.58. The molecule has 3 rings (SSSR count). The van der Waals surface area contributed by atoms with E-state index in [1.807, 2.05) is 43.5 Å². The van der Waals surface area contributed by atoms with Gasteiger partial charge in [-0.15, -0.1) is 12.4 Å². The quantitative estimate of drug-likeness (QED) is 0.773. The number of benzene rings is 1. The van der Waals surface area contributed by atoms with Crippen molar-refractivity contribution in [3.63, 3.8) is 0 Å². The van der Waals surface area contributed by atoms with Crippen molar-refractivity contribution in [2.24, 2.45) is 0 Å². The van der Waals surface area contributed by atoms with E-state index in [4.69, 9.17) is 0 Å². The standard InChI is InChI=1S/C20H27N5O2.ClH/c1-3-24(16(2)26)15-17-6-4-7-18(14-17)23-19(27)20(8-11-21-12-9-20)25-13-5-10-22-25;/h4-7,10,13-14,21H,3,8-9,11-12,15H2,1-2H3,(H,23,27);1H. The van der Waals surface area contributed by atoms with Gasteiger partial charge in [-0.3, -0.25) is 14.3 Å². The zero-order valence-electron chi connectivity index (χ0n) is 16.4. The number of aromatic nitrogens is 2. The van der Waals surface area contributed by atoms with E-state index in [9.17, 15) is 9.59 Å². The molecular weight excluding hydrogens is 378 g/mol. The molecule has 0 aliphatic carbocycles. The molecule has 0 atom stereocenters. The Balaban J connectivity index is 0.00000280. The number of piperidine rings is 1. The van der Waals surface area contributed by atoms with Gasteiger partial charge in [0.25, 0.3) is 5.91 Å². The highest BCUT2D eigenvalue weighted by Gasteiger charge is 2.42. The summed E-state index contributed by atoms with van der Waals surface area (Å²) in [6.45, 7) is 6.26. The Labute approximate surface area is 171 Å². The molecule has 1 saturated heterocycles. The van der Waals surface area contributed by atoms with Crippen molar-refractivity contribution < 1.29 is 9.59 Å². The van der Waals surface area contributed by atoms with Gasteiger partial charge >= 0.3 is 0 Å². The third-order valence-corrected chi connectivity index (χ3v) is 5.18. The molecule has 7 nitrogen and oxygen atoms in total. The molecule has 1 aromatic carbocycles. The van der Waals surface area contributed by atoms with Gasteiger partial charge in [0.15, 0.2) is 0 Å². The molecular formula is C20H28ClN5O2. The summed E-state index contributed by atoms with van der Waals surface area (Å²) in [7, 11) is 0. The van der Waals surface area contributed by atoms with E-state index in [2.05, 4.69) is 15.7 Å². The lowest BCUT2D eigenvalue weighted by Crippen LogP contribution is -2.52. The fraction of sp³-hybridized carbons (Fsp3) is 0.450. The van der Waals surface area contributed by atoms with Gasteiger partial charge in [0.05, 0.1) is 0 Å². The molecule has 1 aliphatic heterocycles. The van der Waals surface area contributed by atoms with Crippen LogP contribution in [0.1, 0.15) is 32.3 Å². The predicted molar refractivity (Wildman–Crippen MR) is 111 cm³/mol. The molecule has 152 valence electrons. The summed E-state index contributed by atoms with van der Waals surface area (Å²) in [5.41, 5.74) is 1.05. The topological polar surface area (TPSA) is 79.3 Å². The second-order valence-corrected chi connectivity index (χ2v) is 6.92. The highest BCUT2D eigenvalue weighted by molar-refractivity contribution is 5.96. The highest BCUT2D eigenvalue weighted by Crippen LogP contribution is 2.29. The third-order valence-electron chi connectivity index (χ3n) is 5.18. The fourth-order valence-electron chi connectivity index (χ4n) is 3.58. The number of amides is 2. The summed E-state index contributed by atoms with van der Waals surface area (Å²) in [5, 5.41) is 10.7. The van der Waals surface area contributed by atoms with Crippen LogP contribution in [-0.4, -0.2) is 46.1 Å². The van der Waals surface area contributed by atoms with E-state index < -0.39 is 5.54 Å². The molecule has 1 aromatic heterocycles. The van der Waals surface area contributed by atoms with Crippen LogP contribution in [0, 0.1) is 0 Å². The molecule has 0 unspecified atom stereocenters. The van der Waals surface area contributed by atoms with Crippen LogP contribution in [0.3, 0.4) is 0 Å². The van der Waals surface area contributed by atoms with Crippen molar-refractivity contribution in [3.8, 4) is 0 Å². The van der Waals surface area contributed by atoms with Crippen LogP contribution in [0.15, 0.2) is 42.7 Å². The number of nitrogens with one attached hydrogen (secondary N) is 2. The molecule has 1 aliphatic rings. The summed E-state index contributed by atoms with van der Waals surface area (Å²) >= 11 is 0. The monoisotopic (exact) mass is 405 g/mol. The molecule has 0 bridgehead atoms. The van der Waals surface area contributed by atoms with E-state index >= 15 is 0 Å². The van der Waals surface area contributed by atoms with Crippen molar-refractivity contribution in [1.82, 2.24) is 20.0 Å². The Bertz CT molecular complexity index is 788. The first kappa shape index (κ1) is 21.9. The van der Waals surface area contributed by atoms with Gasteiger partial charge in [-0.05, 0) is 56.6 Å². The lowest BCUT2D eigenvalue weighted by Gasteiger charge is -2.36. The molecule has 0 radical (unpaired) electrons. The van der Waals surface area contributed by atoms with Crippen molar-refractivity contribution in [2.45, 2.75) is 38.8 Å². The van der Waals surface area contributed by atoms with E-state index in [1.54, 1.807) is 22.7 Å². The largest absolute Gasteiger partial charge is 0.339 e. The first-order valence-electron chi connectivity index (χ1n) is 9.42. The van der Waals surface area contributed by atoms with Crippen LogP contribution in [0.5, 0.6) is 0 Å². The minimum absolute atomic E-state index is 0. The first-order chi connectivity index (χ1) is 13.0. The van der Waals surface area contributed by atoms with Gasteiger partial charge in [0.2, 0.25) is 5.91 Å².